The van der Waals surface area contributed by atoms with Gasteiger partial charge in [0.05, 0.1) is 0 Å². The van der Waals surface area contributed by atoms with Crippen LogP contribution in [0, 0.1) is 0 Å². The summed E-state index contributed by atoms with van der Waals surface area (Å²) < 4.78 is 10.7. The first kappa shape index (κ1) is 11.1. The van der Waals surface area contributed by atoms with Gasteiger partial charge in [-0.05, 0) is 6.42 Å². The third-order valence-corrected chi connectivity index (χ3v) is 3.00. The van der Waals surface area contributed by atoms with Crippen molar-refractivity contribution in [1.29, 1.82) is 0 Å². The number of carbonyl (C=O) groups is 1. The highest BCUT2D eigenvalue weighted by molar-refractivity contribution is 9.10. The zero-order valence-electron chi connectivity index (χ0n) is 6.03. The van der Waals surface area contributed by atoms with E-state index in [2.05, 4.69) is 15.9 Å². The maximum atomic E-state index is 10.7. The lowest BCUT2D eigenvalue weighted by atomic mass is 10.3. The third-order valence-electron chi connectivity index (χ3n) is 1.07. The number of rotatable bonds is 4. The smallest absolute Gasteiger partial charge is 0.317 e. The molecule has 0 aromatic heterocycles. The van der Waals surface area contributed by atoms with Crippen LogP contribution in [0.25, 0.3) is 0 Å². The van der Waals surface area contributed by atoms with Crippen LogP contribution in [-0.2, 0) is 9.36 Å². The monoisotopic (exact) mass is 244 g/mol. The number of hydrogen-bond donors (Lipinski definition) is 2. The highest BCUT2D eigenvalue weighted by Crippen LogP contribution is 2.36. The van der Waals surface area contributed by atoms with E-state index in [1.807, 2.05) is 0 Å². The average molecular weight is 245 g/mol. The molecule has 0 rings (SSSR count). The second-order valence-electron chi connectivity index (χ2n) is 2.37. The molecule has 0 amide bonds. The minimum absolute atomic E-state index is 0.0369. The van der Waals surface area contributed by atoms with Gasteiger partial charge in [0.15, 0.2) is 7.37 Å². The van der Waals surface area contributed by atoms with Gasteiger partial charge in [0.1, 0.15) is 4.83 Å². The molecule has 2 unspecified atom stereocenters. The average Bonchev–Trinajstić information content (AvgIpc) is 1.80. The molecule has 0 radical (unpaired) electrons. The zero-order valence-corrected chi connectivity index (χ0v) is 8.51. The van der Waals surface area contributed by atoms with Crippen molar-refractivity contribution in [2.75, 3.05) is 12.8 Å². The van der Waals surface area contributed by atoms with E-state index in [9.17, 15) is 9.36 Å². The molecule has 0 aliphatic rings. The summed E-state index contributed by atoms with van der Waals surface area (Å²) in [6.07, 6.45) is 0.217. The molecule has 0 aromatic rings. The number of alkyl halides is 1. The fourth-order valence-electron chi connectivity index (χ4n) is 0.476. The lowest BCUT2D eigenvalue weighted by Gasteiger charge is -2.06. The Morgan fingerprint density at radius 3 is 2.45 bits per heavy atom. The van der Waals surface area contributed by atoms with Gasteiger partial charge < -0.3 is 10.00 Å². The summed E-state index contributed by atoms with van der Waals surface area (Å²) in [5, 5.41) is 8.36. The van der Waals surface area contributed by atoms with Crippen LogP contribution < -0.4 is 0 Å². The Balaban J connectivity index is 3.72. The van der Waals surface area contributed by atoms with Crippen LogP contribution >= 0.6 is 23.3 Å². The zero-order chi connectivity index (χ0) is 9.07. The van der Waals surface area contributed by atoms with Crippen molar-refractivity contribution < 1.29 is 19.4 Å². The highest BCUT2D eigenvalue weighted by atomic mass is 79.9. The summed E-state index contributed by atoms with van der Waals surface area (Å²) in [5.74, 6) is -1.00. The Morgan fingerprint density at radius 2 is 2.18 bits per heavy atom. The molecule has 4 nitrogen and oxygen atoms in total. The molecule has 6 heteroatoms. The summed E-state index contributed by atoms with van der Waals surface area (Å²) in [4.78, 5) is 18.3. The van der Waals surface area contributed by atoms with Crippen LogP contribution in [0.1, 0.15) is 6.42 Å². The fraction of sp³-hybridized carbons (Fsp3) is 0.800. The summed E-state index contributed by atoms with van der Waals surface area (Å²) in [5.41, 5.74) is 0. The van der Waals surface area contributed by atoms with E-state index in [0.29, 0.717) is 0 Å². The summed E-state index contributed by atoms with van der Waals surface area (Å²) in [7, 11) is -3.05. The van der Waals surface area contributed by atoms with Crippen molar-refractivity contribution in [2.45, 2.75) is 11.2 Å². The van der Waals surface area contributed by atoms with E-state index in [0.717, 1.165) is 0 Å². The molecule has 66 valence electrons. The summed E-state index contributed by atoms with van der Waals surface area (Å²) in [6.45, 7) is 1.22. The van der Waals surface area contributed by atoms with Crippen molar-refractivity contribution in [1.82, 2.24) is 0 Å². The maximum Gasteiger partial charge on any atom is 0.317 e. The normalized spacial score (nSPS) is 18.8. The van der Waals surface area contributed by atoms with Gasteiger partial charge in [0.25, 0.3) is 0 Å². The molecule has 0 fully saturated rings. The quantitative estimate of drug-likeness (QED) is 0.575. The SMILES string of the molecule is CP(=O)(O)CCC(Br)C(=O)O. The molecule has 0 saturated carbocycles. The predicted octanol–water partition coefficient (Wildman–Crippen LogP) is 1.12. The van der Waals surface area contributed by atoms with Crippen LogP contribution in [0.2, 0.25) is 0 Å². The highest BCUT2D eigenvalue weighted by Gasteiger charge is 2.17. The topological polar surface area (TPSA) is 74.6 Å². The number of aliphatic carboxylic acids is 1. The first-order chi connectivity index (χ1) is 4.83. The standard InChI is InChI=1S/C5H10BrO4P/c1-11(9,10)3-2-4(6)5(7)8/h4H,2-3H2,1H3,(H,7,8)(H,9,10). The van der Waals surface area contributed by atoms with Crippen molar-refractivity contribution in [3.05, 3.63) is 0 Å². The predicted molar refractivity (Wildman–Crippen MR) is 45.6 cm³/mol. The summed E-state index contributed by atoms with van der Waals surface area (Å²) in [6, 6.07) is 0. The second-order valence-corrected chi connectivity index (χ2v) is 6.02. The van der Waals surface area contributed by atoms with E-state index < -0.39 is 18.2 Å². The van der Waals surface area contributed by atoms with Crippen molar-refractivity contribution in [3.8, 4) is 0 Å². The molecule has 0 saturated heterocycles. The summed E-state index contributed by atoms with van der Waals surface area (Å²) >= 11 is 2.86. The first-order valence-electron chi connectivity index (χ1n) is 2.99. The van der Waals surface area contributed by atoms with E-state index in [4.69, 9.17) is 10.00 Å². The Morgan fingerprint density at radius 1 is 1.73 bits per heavy atom. The molecule has 0 aromatic carbocycles. The van der Waals surface area contributed by atoms with Gasteiger partial charge in [-0.15, -0.1) is 0 Å². The molecule has 0 spiro atoms. The number of halogens is 1. The molecular weight excluding hydrogens is 235 g/mol. The fourth-order valence-corrected chi connectivity index (χ4v) is 1.80. The molecule has 11 heavy (non-hydrogen) atoms. The van der Waals surface area contributed by atoms with Gasteiger partial charge in [-0.1, -0.05) is 15.9 Å². The number of carboxylic acid groups (broad SMARTS) is 1. The van der Waals surface area contributed by atoms with Crippen molar-refractivity contribution in [2.24, 2.45) is 0 Å². The van der Waals surface area contributed by atoms with Gasteiger partial charge in [0, 0.05) is 12.8 Å². The van der Waals surface area contributed by atoms with Crippen molar-refractivity contribution >= 4 is 29.3 Å². The van der Waals surface area contributed by atoms with Crippen LogP contribution in [0.5, 0.6) is 0 Å². The molecule has 0 bridgehead atoms. The molecule has 2 N–H and O–H groups in total. The van der Waals surface area contributed by atoms with Gasteiger partial charge in [-0.25, -0.2) is 0 Å². The van der Waals surface area contributed by atoms with Crippen LogP contribution in [0.15, 0.2) is 0 Å². The van der Waals surface area contributed by atoms with Crippen LogP contribution in [-0.4, -0.2) is 33.6 Å². The molecular formula is C5H10BrO4P. The van der Waals surface area contributed by atoms with Gasteiger partial charge in [0.2, 0.25) is 0 Å². The van der Waals surface area contributed by atoms with E-state index in [1.165, 1.54) is 6.66 Å². The van der Waals surface area contributed by atoms with E-state index in [1.54, 1.807) is 0 Å². The minimum atomic E-state index is -3.05. The van der Waals surface area contributed by atoms with Crippen molar-refractivity contribution in [3.63, 3.8) is 0 Å². The Labute approximate surface area is 73.2 Å². The largest absolute Gasteiger partial charge is 0.480 e. The third kappa shape index (κ3) is 6.53. The van der Waals surface area contributed by atoms with E-state index >= 15 is 0 Å². The van der Waals surface area contributed by atoms with Crippen LogP contribution in [0.3, 0.4) is 0 Å². The Bertz CT molecular complexity index is 187. The van der Waals surface area contributed by atoms with Crippen LogP contribution in [0.4, 0.5) is 0 Å². The Kier molecular flexibility index (Phi) is 4.29. The number of carboxylic acids is 1. The van der Waals surface area contributed by atoms with Gasteiger partial charge in [-0.3, -0.25) is 9.36 Å². The minimum Gasteiger partial charge on any atom is -0.480 e. The van der Waals surface area contributed by atoms with E-state index in [-0.39, 0.29) is 12.6 Å². The molecule has 2 atom stereocenters. The van der Waals surface area contributed by atoms with Gasteiger partial charge >= 0.3 is 5.97 Å². The molecule has 0 aliphatic heterocycles. The lowest BCUT2D eigenvalue weighted by Crippen LogP contribution is -2.13. The number of hydrogen-bond acceptors (Lipinski definition) is 2. The van der Waals surface area contributed by atoms with Gasteiger partial charge in [-0.2, -0.15) is 0 Å². The Hall–Kier alpha value is 0.140. The molecule has 0 heterocycles. The molecule has 0 aliphatic carbocycles. The maximum absolute atomic E-state index is 10.7. The first-order valence-corrected chi connectivity index (χ1v) is 6.20. The lowest BCUT2D eigenvalue weighted by molar-refractivity contribution is -0.136. The second kappa shape index (κ2) is 4.24.